The Labute approximate surface area is 56.3 Å². The van der Waals surface area contributed by atoms with Crippen molar-refractivity contribution < 1.29 is 14.9 Å². The van der Waals surface area contributed by atoms with Gasteiger partial charge in [-0.3, -0.25) is 0 Å². The van der Waals surface area contributed by atoms with Crippen molar-refractivity contribution in [2.75, 3.05) is 26.4 Å². The zero-order valence-electron chi connectivity index (χ0n) is 6.13. The topological polar surface area (TPSA) is 49.7 Å². The van der Waals surface area contributed by atoms with Crippen LogP contribution in [0.3, 0.4) is 0 Å². The summed E-state index contributed by atoms with van der Waals surface area (Å²) in [6, 6.07) is 0. The summed E-state index contributed by atoms with van der Waals surface area (Å²) in [5, 5.41) is 15.2. The number of rotatable bonds is 3. The molecule has 0 atom stereocenters. The quantitative estimate of drug-likeness (QED) is 0.574. The van der Waals surface area contributed by atoms with Gasteiger partial charge in [0.15, 0.2) is 0 Å². The van der Waals surface area contributed by atoms with Crippen molar-refractivity contribution in [3.05, 3.63) is 0 Å². The second-order valence-electron chi connectivity index (χ2n) is 1.23. The molecular weight excluding hydrogens is 120 g/mol. The van der Waals surface area contributed by atoms with E-state index in [1.807, 2.05) is 13.8 Å². The molecule has 2 N–H and O–H groups in total. The van der Waals surface area contributed by atoms with Crippen LogP contribution in [0.25, 0.3) is 0 Å². The van der Waals surface area contributed by atoms with E-state index in [2.05, 4.69) is 0 Å². The minimum absolute atomic E-state index is 0.125. The molecule has 0 spiro atoms. The van der Waals surface area contributed by atoms with E-state index in [4.69, 9.17) is 14.9 Å². The van der Waals surface area contributed by atoms with Crippen LogP contribution in [0.15, 0.2) is 0 Å². The van der Waals surface area contributed by atoms with Crippen LogP contribution in [0.2, 0.25) is 0 Å². The third-order valence-corrected chi connectivity index (χ3v) is 0.508. The molecule has 0 aliphatic heterocycles. The van der Waals surface area contributed by atoms with Gasteiger partial charge in [0.05, 0.1) is 13.2 Å². The van der Waals surface area contributed by atoms with Gasteiger partial charge in [-0.2, -0.15) is 0 Å². The molecule has 0 aromatic rings. The van der Waals surface area contributed by atoms with Crippen molar-refractivity contribution in [2.24, 2.45) is 0 Å². The van der Waals surface area contributed by atoms with E-state index in [-0.39, 0.29) is 13.2 Å². The van der Waals surface area contributed by atoms with Gasteiger partial charge >= 0.3 is 0 Å². The van der Waals surface area contributed by atoms with E-state index >= 15 is 0 Å². The van der Waals surface area contributed by atoms with Crippen LogP contribution in [0.1, 0.15) is 13.8 Å². The van der Waals surface area contributed by atoms with Gasteiger partial charge in [0, 0.05) is 13.2 Å². The van der Waals surface area contributed by atoms with Gasteiger partial charge in [-0.05, 0) is 13.8 Å². The molecule has 0 aromatic heterocycles. The molecule has 3 nitrogen and oxygen atoms in total. The molecule has 3 heteroatoms. The molecule has 9 heavy (non-hydrogen) atoms. The highest BCUT2D eigenvalue weighted by molar-refractivity contribution is 4.07. The number of hydrogen-bond acceptors (Lipinski definition) is 3. The third kappa shape index (κ3) is 32.8. The minimum atomic E-state index is -0.125. The van der Waals surface area contributed by atoms with Gasteiger partial charge in [-0.25, -0.2) is 0 Å². The van der Waals surface area contributed by atoms with Crippen LogP contribution < -0.4 is 0 Å². The van der Waals surface area contributed by atoms with E-state index in [0.29, 0.717) is 0 Å². The molecule has 0 aliphatic rings. The predicted molar refractivity (Wildman–Crippen MR) is 36.3 cm³/mol. The standard InChI is InChI=1S/C4H10O.C2H6O2/c1-3-5-4-2;3-1-2-4/h3-4H2,1-2H3;3-4H,1-2H2. The second kappa shape index (κ2) is 15.7. The summed E-state index contributed by atoms with van der Waals surface area (Å²) >= 11 is 0. The zero-order chi connectivity index (χ0) is 7.54. The maximum absolute atomic E-state index is 7.62. The maximum Gasteiger partial charge on any atom is 0.0662 e. The van der Waals surface area contributed by atoms with Gasteiger partial charge in [0.1, 0.15) is 0 Å². The molecule has 0 aliphatic carbocycles. The van der Waals surface area contributed by atoms with Crippen LogP contribution in [0, 0.1) is 0 Å². The lowest BCUT2D eigenvalue weighted by Gasteiger charge is -1.86. The fraction of sp³-hybridized carbons (Fsp3) is 1.00. The first kappa shape index (κ1) is 11.6. The Kier molecular flexibility index (Phi) is 20.3. The Balaban J connectivity index is 0. The summed E-state index contributed by atoms with van der Waals surface area (Å²) in [7, 11) is 0. The number of ether oxygens (including phenoxy) is 1. The molecule has 0 rings (SSSR count). The van der Waals surface area contributed by atoms with Crippen molar-refractivity contribution in [2.45, 2.75) is 13.8 Å². The molecule has 0 fully saturated rings. The zero-order valence-corrected chi connectivity index (χ0v) is 6.13. The molecule has 0 heterocycles. The average Bonchev–Trinajstić information content (AvgIpc) is 1.91. The SMILES string of the molecule is CCOCC.OCCO. The summed E-state index contributed by atoms with van der Waals surface area (Å²) in [5.41, 5.74) is 0. The molecule has 58 valence electrons. The predicted octanol–water partition coefficient (Wildman–Crippen LogP) is 0.0138. The molecule has 0 amide bonds. The molecule has 0 bridgehead atoms. The van der Waals surface area contributed by atoms with Crippen molar-refractivity contribution in [3.8, 4) is 0 Å². The normalized spacial score (nSPS) is 8.00. The summed E-state index contributed by atoms with van der Waals surface area (Å²) < 4.78 is 4.83. The number of hydrogen-bond donors (Lipinski definition) is 2. The van der Waals surface area contributed by atoms with E-state index in [1.165, 1.54) is 0 Å². The van der Waals surface area contributed by atoms with Crippen LogP contribution in [0.5, 0.6) is 0 Å². The van der Waals surface area contributed by atoms with Crippen molar-refractivity contribution in [1.82, 2.24) is 0 Å². The Morgan fingerprint density at radius 2 is 1.33 bits per heavy atom. The molecule has 0 aromatic carbocycles. The van der Waals surface area contributed by atoms with Crippen molar-refractivity contribution in [3.63, 3.8) is 0 Å². The van der Waals surface area contributed by atoms with Gasteiger partial charge < -0.3 is 14.9 Å². The van der Waals surface area contributed by atoms with Gasteiger partial charge in [0.2, 0.25) is 0 Å². The fourth-order valence-corrected chi connectivity index (χ4v) is 0.204. The van der Waals surface area contributed by atoms with Crippen LogP contribution >= 0.6 is 0 Å². The largest absolute Gasteiger partial charge is 0.394 e. The van der Waals surface area contributed by atoms with E-state index < -0.39 is 0 Å². The van der Waals surface area contributed by atoms with E-state index in [0.717, 1.165) is 13.2 Å². The Morgan fingerprint density at radius 1 is 1.00 bits per heavy atom. The van der Waals surface area contributed by atoms with Crippen molar-refractivity contribution in [1.29, 1.82) is 0 Å². The Morgan fingerprint density at radius 3 is 1.33 bits per heavy atom. The van der Waals surface area contributed by atoms with Gasteiger partial charge in [0.25, 0.3) is 0 Å². The minimum Gasteiger partial charge on any atom is -0.394 e. The van der Waals surface area contributed by atoms with E-state index in [9.17, 15) is 0 Å². The summed E-state index contributed by atoms with van der Waals surface area (Å²) in [5.74, 6) is 0. The number of aliphatic hydroxyl groups is 2. The maximum atomic E-state index is 7.62. The van der Waals surface area contributed by atoms with Crippen molar-refractivity contribution >= 4 is 0 Å². The average molecular weight is 136 g/mol. The van der Waals surface area contributed by atoms with E-state index in [1.54, 1.807) is 0 Å². The number of aliphatic hydroxyl groups excluding tert-OH is 2. The Hall–Kier alpha value is -0.120. The molecule has 0 unspecified atom stereocenters. The van der Waals surface area contributed by atoms with Crippen LogP contribution in [-0.2, 0) is 4.74 Å². The molecule has 0 saturated heterocycles. The lowest BCUT2D eigenvalue weighted by atomic mass is 10.8. The van der Waals surface area contributed by atoms with Gasteiger partial charge in [-0.1, -0.05) is 0 Å². The van der Waals surface area contributed by atoms with Gasteiger partial charge in [-0.15, -0.1) is 0 Å². The first-order valence-electron chi connectivity index (χ1n) is 3.12. The highest BCUT2D eigenvalue weighted by atomic mass is 16.5. The fourth-order valence-electron chi connectivity index (χ4n) is 0.204. The summed E-state index contributed by atoms with van der Waals surface area (Å²) in [6.45, 7) is 5.42. The smallest absolute Gasteiger partial charge is 0.0662 e. The highest BCUT2D eigenvalue weighted by Crippen LogP contribution is 1.64. The Bertz CT molecular complexity index is 27.5. The highest BCUT2D eigenvalue weighted by Gasteiger charge is 1.64. The lowest BCUT2D eigenvalue weighted by molar-refractivity contribution is 0.162. The first-order valence-corrected chi connectivity index (χ1v) is 3.12. The second-order valence-corrected chi connectivity index (χ2v) is 1.23. The third-order valence-electron chi connectivity index (χ3n) is 0.508. The summed E-state index contributed by atoms with van der Waals surface area (Å²) in [4.78, 5) is 0. The first-order chi connectivity index (χ1) is 4.33. The summed E-state index contributed by atoms with van der Waals surface area (Å²) in [6.07, 6.45) is 0. The van der Waals surface area contributed by atoms with Crippen LogP contribution in [-0.4, -0.2) is 36.6 Å². The molecule has 0 radical (unpaired) electrons. The lowest BCUT2D eigenvalue weighted by Crippen LogP contribution is -1.85. The monoisotopic (exact) mass is 136 g/mol. The molecule has 0 saturated carbocycles. The molecular formula is C6H16O3. The van der Waals surface area contributed by atoms with Crippen LogP contribution in [0.4, 0.5) is 0 Å².